The Labute approximate surface area is 123 Å². The molecule has 0 fully saturated rings. The molecule has 2 aromatic rings. The number of benzene rings is 2. The molecule has 0 spiro atoms. The van der Waals surface area contributed by atoms with E-state index in [9.17, 15) is 9.50 Å². The molecule has 1 aliphatic heterocycles. The van der Waals surface area contributed by atoms with Gasteiger partial charge in [-0.05, 0) is 42.3 Å². The van der Waals surface area contributed by atoms with Gasteiger partial charge in [-0.3, -0.25) is 0 Å². The number of aromatic hydroxyl groups is 1. The third kappa shape index (κ3) is 2.30. The minimum atomic E-state index is -0.428. The van der Waals surface area contributed by atoms with E-state index in [-0.39, 0.29) is 17.4 Å². The Balaban J connectivity index is 1.99. The number of rotatable bonds is 1. The van der Waals surface area contributed by atoms with Gasteiger partial charge in [0.05, 0.1) is 11.6 Å². The Kier molecular flexibility index (Phi) is 3.15. The van der Waals surface area contributed by atoms with E-state index >= 15 is 0 Å². The molecule has 0 saturated heterocycles. The fourth-order valence-corrected chi connectivity index (χ4v) is 3.03. The van der Waals surface area contributed by atoms with Crippen LogP contribution < -0.4 is 5.32 Å². The van der Waals surface area contributed by atoms with E-state index < -0.39 is 5.82 Å². The standard InChI is InChI=1S/C14H10BrClFNO/c15-8-5-10(17)14(13(19)6-8)12-4-7-3-9(16)1-2-11(7)18-12/h1-3,5-6,12,18-19H,4H2. The fourth-order valence-electron chi connectivity index (χ4n) is 2.42. The number of fused-ring (bicyclic) bond motifs is 1. The molecular formula is C14H10BrClFNO. The van der Waals surface area contributed by atoms with Gasteiger partial charge in [0, 0.05) is 15.2 Å². The average Bonchev–Trinajstić information content (AvgIpc) is 2.69. The fraction of sp³-hybridized carbons (Fsp3) is 0.143. The van der Waals surface area contributed by atoms with Gasteiger partial charge < -0.3 is 10.4 Å². The van der Waals surface area contributed by atoms with E-state index in [1.54, 1.807) is 6.07 Å². The maximum atomic E-state index is 14.0. The van der Waals surface area contributed by atoms with Crippen molar-refractivity contribution in [3.8, 4) is 5.75 Å². The van der Waals surface area contributed by atoms with E-state index in [1.807, 2.05) is 12.1 Å². The zero-order valence-corrected chi connectivity index (χ0v) is 12.1. The van der Waals surface area contributed by atoms with Crippen LogP contribution in [-0.2, 0) is 6.42 Å². The first kappa shape index (κ1) is 12.8. The average molecular weight is 343 g/mol. The third-order valence-corrected chi connectivity index (χ3v) is 3.93. The van der Waals surface area contributed by atoms with Crippen molar-refractivity contribution in [1.29, 1.82) is 0 Å². The molecule has 1 atom stereocenters. The highest BCUT2D eigenvalue weighted by Crippen LogP contribution is 2.40. The molecule has 1 unspecified atom stereocenters. The van der Waals surface area contributed by atoms with Crippen molar-refractivity contribution < 1.29 is 9.50 Å². The van der Waals surface area contributed by atoms with Crippen molar-refractivity contribution >= 4 is 33.2 Å². The summed E-state index contributed by atoms with van der Waals surface area (Å²) in [5.41, 5.74) is 2.24. The number of phenolic OH excluding ortho intramolecular Hbond substituents is 1. The first-order valence-corrected chi connectivity index (χ1v) is 6.94. The van der Waals surface area contributed by atoms with Crippen molar-refractivity contribution in [2.45, 2.75) is 12.5 Å². The number of hydrogen-bond acceptors (Lipinski definition) is 2. The summed E-state index contributed by atoms with van der Waals surface area (Å²) in [5.74, 6) is -0.480. The normalized spacial score (nSPS) is 17.1. The Hall–Kier alpha value is -1.26. The van der Waals surface area contributed by atoms with Crippen molar-refractivity contribution in [1.82, 2.24) is 0 Å². The summed E-state index contributed by atoms with van der Waals surface area (Å²) in [6.45, 7) is 0. The molecule has 0 bridgehead atoms. The topological polar surface area (TPSA) is 32.3 Å². The van der Waals surface area contributed by atoms with Gasteiger partial charge in [0.15, 0.2) is 0 Å². The largest absolute Gasteiger partial charge is 0.507 e. The molecule has 19 heavy (non-hydrogen) atoms. The van der Waals surface area contributed by atoms with Gasteiger partial charge in [0.25, 0.3) is 0 Å². The minimum absolute atomic E-state index is 0.0525. The van der Waals surface area contributed by atoms with Crippen molar-refractivity contribution in [2.75, 3.05) is 5.32 Å². The summed E-state index contributed by atoms with van der Waals surface area (Å²) in [6, 6.07) is 8.08. The van der Waals surface area contributed by atoms with Crippen LogP contribution in [0.25, 0.3) is 0 Å². The molecule has 2 nitrogen and oxygen atoms in total. The molecular weight excluding hydrogens is 333 g/mol. The lowest BCUT2D eigenvalue weighted by Gasteiger charge is -2.14. The van der Waals surface area contributed by atoms with Crippen LogP contribution in [0.4, 0.5) is 10.1 Å². The summed E-state index contributed by atoms with van der Waals surface area (Å²) >= 11 is 9.10. The monoisotopic (exact) mass is 341 g/mol. The smallest absolute Gasteiger partial charge is 0.133 e. The van der Waals surface area contributed by atoms with Gasteiger partial charge in [-0.25, -0.2) is 4.39 Å². The molecule has 1 aliphatic rings. The molecule has 0 radical (unpaired) electrons. The maximum Gasteiger partial charge on any atom is 0.133 e. The van der Waals surface area contributed by atoms with Gasteiger partial charge in [0.2, 0.25) is 0 Å². The van der Waals surface area contributed by atoms with Crippen LogP contribution in [0.5, 0.6) is 5.75 Å². The van der Waals surface area contributed by atoms with E-state index in [1.165, 1.54) is 12.1 Å². The number of anilines is 1. The van der Waals surface area contributed by atoms with Gasteiger partial charge >= 0.3 is 0 Å². The van der Waals surface area contributed by atoms with Gasteiger partial charge in [-0.2, -0.15) is 0 Å². The lowest BCUT2D eigenvalue weighted by Crippen LogP contribution is -2.08. The molecule has 0 aromatic heterocycles. The van der Waals surface area contributed by atoms with Crippen LogP contribution in [0.2, 0.25) is 5.02 Å². The lowest BCUT2D eigenvalue weighted by atomic mass is 10.0. The van der Waals surface area contributed by atoms with Crippen LogP contribution in [0.15, 0.2) is 34.8 Å². The molecule has 2 N–H and O–H groups in total. The second kappa shape index (κ2) is 4.69. The third-order valence-electron chi connectivity index (χ3n) is 3.24. The van der Waals surface area contributed by atoms with Crippen LogP contribution >= 0.6 is 27.5 Å². The predicted molar refractivity (Wildman–Crippen MR) is 77.3 cm³/mol. The highest BCUT2D eigenvalue weighted by Gasteiger charge is 2.27. The van der Waals surface area contributed by atoms with Gasteiger partial charge in [-0.15, -0.1) is 0 Å². The summed E-state index contributed by atoms with van der Waals surface area (Å²) < 4.78 is 14.5. The quantitative estimate of drug-likeness (QED) is 0.790. The number of halogens is 3. The first-order valence-electron chi connectivity index (χ1n) is 5.77. The van der Waals surface area contributed by atoms with Crippen molar-refractivity contribution in [2.24, 2.45) is 0 Å². The van der Waals surface area contributed by atoms with E-state index in [0.29, 0.717) is 15.9 Å². The Morgan fingerprint density at radius 2 is 2.11 bits per heavy atom. The van der Waals surface area contributed by atoms with Gasteiger partial charge in [0.1, 0.15) is 11.6 Å². The second-order valence-corrected chi connectivity index (χ2v) is 5.88. The van der Waals surface area contributed by atoms with Crippen LogP contribution in [-0.4, -0.2) is 5.11 Å². The van der Waals surface area contributed by atoms with Crippen molar-refractivity contribution in [3.63, 3.8) is 0 Å². The first-order chi connectivity index (χ1) is 9.04. The molecule has 0 amide bonds. The zero-order chi connectivity index (χ0) is 13.6. The lowest BCUT2D eigenvalue weighted by molar-refractivity contribution is 0.452. The predicted octanol–water partition coefficient (Wildman–Crippen LogP) is 4.66. The Morgan fingerprint density at radius 1 is 1.32 bits per heavy atom. The van der Waals surface area contributed by atoms with Crippen LogP contribution in [0, 0.1) is 5.82 Å². The molecule has 1 heterocycles. The highest BCUT2D eigenvalue weighted by molar-refractivity contribution is 9.10. The van der Waals surface area contributed by atoms with E-state index in [4.69, 9.17) is 11.6 Å². The molecule has 0 saturated carbocycles. The van der Waals surface area contributed by atoms with Crippen LogP contribution in [0.1, 0.15) is 17.2 Å². The van der Waals surface area contributed by atoms with E-state index in [2.05, 4.69) is 21.2 Å². The number of nitrogens with one attached hydrogen (secondary N) is 1. The summed E-state index contributed by atoms with van der Waals surface area (Å²) in [4.78, 5) is 0. The molecule has 5 heteroatoms. The van der Waals surface area contributed by atoms with Crippen LogP contribution in [0.3, 0.4) is 0 Å². The maximum absolute atomic E-state index is 14.0. The summed E-state index contributed by atoms with van der Waals surface area (Å²) in [7, 11) is 0. The summed E-state index contributed by atoms with van der Waals surface area (Å²) in [5, 5.41) is 13.8. The Bertz CT molecular complexity index is 639. The number of phenols is 1. The summed E-state index contributed by atoms with van der Waals surface area (Å²) in [6.07, 6.45) is 0.599. The van der Waals surface area contributed by atoms with Crippen molar-refractivity contribution in [3.05, 3.63) is 56.8 Å². The molecule has 3 rings (SSSR count). The molecule has 0 aliphatic carbocycles. The zero-order valence-electron chi connectivity index (χ0n) is 9.75. The SMILES string of the molecule is Oc1cc(Br)cc(F)c1C1Cc2cc(Cl)ccc2N1. The molecule has 2 aromatic carbocycles. The minimum Gasteiger partial charge on any atom is -0.507 e. The second-order valence-electron chi connectivity index (χ2n) is 4.52. The van der Waals surface area contributed by atoms with E-state index in [0.717, 1.165) is 11.3 Å². The highest BCUT2D eigenvalue weighted by atomic mass is 79.9. The molecule has 98 valence electrons. The number of hydrogen-bond donors (Lipinski definition) is 2. The van der Waals surface area contributed by atoms with Gasteiger partial charge in [-0.1, -0.05) is 27.5 Å². The Morgan fingerprint density at radius 3 is 2.84 bits per heavy atom.